The number of hydrogen-bond acceptors (Lipinski definition) is 3. The molecule has 1 heterocycles. The molecule has 0 saturated carbocycles. The molecule has 0 atom stereocenters. The number of pyridine rings is 1. The second-order valence-electron chi connectivity index (χ2n) is 1.85. The maximum Gasteiger partial charge on any atom is 0.171 e. The Hall–Kier alpha value is -1.10. The molecule has 0 amide bonds. The molecule has 0 aliphatic rings. The first-order chi connectivity index (χ1) is 5.24. The molecule has 0 aliphatic carbocycles. The molecule has 1 aromatic heterocycles. The molecule has 11 heavy (non-hydrogen) atoms. The average Bonchev–Trinajstić information content (AvgIpc) is 2.05. The highest BCUT2D eigenvalue weighted by atomic mass is 79.9. The summed E-state index contributed by atoms with van der Waals surface area (Å²) in [5.74, 6) is 0.0602. The summed E-state index contributed by atoms with van der Waals surface area (Å²) in [7, 11) is 0. The van der Waals surface area contributed by atoms with E-state index in [1.54, 1.807) is 12.1 Å². The van der Waals surface area contributed by atoms with Gasteiger partial charge in [-0.15, -0.1) is 0 Å². The summed E-state index contributed by atoms with van der Waals surface area (Å²) in [6, 6.07) is 3.42. The molecule has 3 N–H and O–H groups in total. The van der Waals surface area contributed by atoms with Crippen molar-refractivity contribution in [1.82, 2.24) is 4.98 Å². The van der Waals surface area contributed by atoms with Gasteiger partial charge in [-0.1, -0.05) is 5.16 Å². The lowest BCUT2D eigenvalue weighted by Gasteiger charge is -1.95. The summed E-state index contributed by atoms with van der Waals surface area (Å²) >= 11 is 3.16. The first kappa shape index (κ1) is 8.00. The number of oxime groups is 1. The van der Waals surface area contributed by atoms with Gasteiger partial charge >= 0.3 is 0 Å². The standard InChI is InChI=1S/C6H6BrN3O/c7-5-2-1-4(3-9-5)6(8)10-11/h1-3,11H,(H2,8,10). The minimum absolute atomic E-state index is 0.0602. The first-order valence-electron chi connectivity index (χ1n) is 2.83. The summed E-state index contributed by atoms with van der Waals surface area (Å²) in [5.41, 5.74) is 5.88. The van der Waals surface area contributed by atoms with E-state index in [1.165, 1.54) is 6.20 Å². The highest BCUT2D eigenvalue weighted by molar-refractivity contribution is 9.10. The third-order valence-electron chi connectivity index (χ3n) is 1.13. The van der Waals surface area contributed by atoms with Gasteiger partial charge in [0.05, 0.1) is 0 Å². The quantitative estimate of drug-likeness (QED) is 0.241. The first-order valence-corrected chi connectivity index (χ1v) is 3.63. The summed E-state index contributed by atoms with van der Waals surface area (Å²) in [5, 5.41) is 11.1. The number of hydrogen-bond donors (Lipinski definition) is 2. The van der Waals surface area contributed by atoms with Crippen LogP contribution in [0.5, 0.6) is 0 Å². The van der Waals surface area contributed by atoms with Crippen LogP contribution in [0.3, 0.4) is 0 Å². The second kappa shape index (κ2) is 3.34. The number of halogens is 1. The third kappa shape index (κ3) is 1.91. The van der Waals surface area contributed by atoms with Gasteiger partial charge in [0.1, 0.15) is 4.60 Å². The van der Waals surface area contributed by atoms with E-state index in [0.717, 1.165) is 0 Å². The van der Waals surface area contributed by atoms with Crippen LogP contribution in [0, 0.1) is 0 Å². The predicted octanol–water partition coefficient (Wildman–Crippen LogP) is 0.939. The highest BCUT2D eigenvalue weighted by Gasteiger charge is 1.97. The molecular formula is C6H6BrN3O. The Bertz CT molecular complexity index is 270. The van der Waals surface area contributed by atoms with Crippen LogP contribution >= 0.6 is 15.9 Å². The van der Waals surface area contributed by atoms with Crippen molar-refractivity contribution in [2.24, 2.45) is 10.9 Å². The largest absolute Gasteiger partial charge is 0.409 e. The van der Waals surface area contributed by atoms with Crippen molar-refractivity contribution in [1.29, 1.82) is 0 Å². The van der Waals surface area contributed by atoms with Crippen LogP contribution in [-0.2, 0) is 0 Å². The monoisotopic (exact) mass is 215 g/mol. The van der Waals surface area contributed by atoms with E-state index in [4.69, 9.17) is 10.9 Å². The van der Waals surface area contributed by atoms with Crippen molar-refractivity contribution in [3.05, 3.63) is 28.5 Å². The molecule has 4 nitrogen and oxygen atoms in total. The van der Waals surface area contributed by atoms with Crippen LogP contribution in [0.1, 0.15) is 5.56 Å². The van der Waals surface area contributed by atoms with E-state index in [-0.39, 0.29) is 5.84 Å². The third-order valence-corrected chi connectivity index (χ3v) is 1.60. The number of nitrogens with two attached hydrogens (primary N) is 1. The maximum atomic E-state index is 8.28. The van der Waals surface area contributed by atoms with E-state index in [9.17, 15) is 0 Å². The Morgan fingerprint density at radius 2 is 2.36 bits per heavy atom. The molecule has 1 aromatic rings. The van der Waals surface area contributed by atoms with Gasteiger partial charge in [-0.3, -0.25) is 0 Å². The number of aromatic nitrogens is 1. The lowest BCUT2D eigenvalue weighted by Crippen LogP contribution is -2.12. The molecule has 0 spiro atoms. The molecule has 0 bridgehead atoms. The Labute approximate surface area is 71.9 Å². The number of nitrogens with zero attached hydrogens (tertiary/aromatic N) is 2. The van der Waals surface area contributed by atoms with Gasteiger partial charge < -0.3 is 10.9 Å². The van der Waals surface area contributed by atoms with Crippen LogP contribution in [0.25, 0.3) is 0 Å². The van der Waals surface area contributed by atoms with Gasteiger partial charge in [0.2, 0.25) is 0 Å². The summed E-state index contributed by atoms with van der Waals surface area (Å²) in [4.78, 5) is 3.89. The van der Waals surface area contributed by atoms with Gasteiger partial charge in [-0.2, -0.15) is 0 Å². The molecule has 0 saturated heterocycles. The Morgan fingerprint density at radius 3 is 2.82 bits per heavy atom. The summed E-state index contributed by atoms with van der Waals surface area (Å²) in [6.07, 6.45) is 1.51. The minimum Gasteiger partial charge on any atom is -0.409 e. The van der Waals surface area contributed by atoms with E-state index in [1.807, 2.05) is 0 Å². The molecule has 5 heteroatoms. The molecular weight excluding hydrogens is 210 g/mol. The predicted molar refractivity (Wildman–Crippen MR) is 44.4 cm³/mol. The van der Waals surface area contributed by atoms with E-state index >= 15 is 0 Å². The lowest BCUT2D eigenvalue weighted by molar-refractivity contribution is 0.318. The van der Waals surface area contributed by atoms with E-state index in [0.29, 0.717) is 10.2 Å². The van der Waals surface area contributed by atoms with Gasteiger partial charge in [0.15, 0.2) is 5.84 Å². The van der Waals surface area contributed by atoms with Crippen molar-refractivity contribution in [3.63, 3.8) is 0 Å². The average molecular weight is 216 g/mol. The molecule has 0 radical (unpaired) electrons. The van der Waals surface area contributed by atoms with Gasteiger partial charge in [0, 0.05) is 11.8 Å². The van der Waals surface area contributed by atoms with E-state index in [2.05, 4.69) is 26.1 Å². The molecule has 0 fully saturated rings. The lowest BCUT2D eigenvalue weighted by atomic mass is 10.3. The fourth-order valence-electron chi connectivity index (χ4n) is 0.585. The maximum absolute atomic E-state index is 8.28. The minimum atomic E-state index is 0.0602. The van der Waals surface area contributed by atoms with Crippen LogP contribution < -0.4 is 5.73 Å². The van der Waals surface area contributed by atoms with Crippen molar-refractivity contribution < 1.29 is 5.21 Å². The fourth-order valence-corrected chi connectivity index (χ4v) is 0.820. The molecule has 1 rings (SSSR count). The van der Waals surface area contributed by atoms with Gasteiger partial charge in [-0.05, 0) is 28.1 Å². The highest BCUT2D eigenvalue weighted by Crippen LogP contribution is 2.05. The van der Waals surface area contributed by atoms with Crippen LogP contribution in [0.4, 0.5) is 0 Å². The second-order valence-corrected chi connectivity index (χ2v) is 2.67. The summed E-state index contributed by atoms with van der Waals surface area (Å²) < 4.78 is 0.715. The van der Waals surface area contributed by atoms with Crippen molar-refractivity contribution >= 4 is 21.8 Å². The SMILES string of the molecule is N/C(=N\O)c1ccc(Br)nc1. The van der Waals surface area contributed by atoms with Crippen LogP contribution in [0.15, 0.2) is 28.1 Å². The fraction of sp³-hybridized carbons (Fsp3) is 0. The van der Waals surface area contributed by atoms with E-state index < -0.39 is 0 Å². The Kier molecular flexibility index (Phi) is 2.43. The zero-order chi connectivity index (χ0) is 8.27. The Morgan fingerprint density at radius 1 is 1.64 bits per heavy atom. The van der Waals surface area contributed by atoms with Crippen molar-refractivity contribution in [2.75, 3.05) is 0 Å². The Balaban J connectivity index is 2.99. The van der Waals surface area contributed by atoms with Crippen LogP contribution in [0.2, 0.25) is 0 Å². The topological polar surface area (TPSA) is 71.5 Å². The normalized spacial score (nSPS) is 11.5. The molecule has 58 valence electrons. The molecule has 0 aromatic carbocycles. The zero-order valence-electron chi connectivity index (χ0n) is 5.53. The van der Waals surface area contributed by atoms with Crippen molar-refractivity contribution in [2.45, 2.75) is 0 Å². The van der Waals surface area contributed by atoms with Gasteiger partial charge in [0.25, 0.3) is 0 Å². The van der Waals surface area contributed by atoms with Crippen LogP contribution in [-0.4, -0.2) is 16.0 Å². The number of amidine groups is 1. The smallest absolute Gasteiger partial charge is 0.171 e. The van der Waals surface area contributed by atoms with Crippen molar-refractivity contribution in [3.8, 4) is 0 Å². The van der Waals surface area contributed by atoms with Gasteiger partial charge in [-0.25, -0.2) is 4.98 Å². The zero-order valence-corrected chi connectivity index (χ0v) is 7.12. The molecule has 0 unspecified atom stereocenters. The number of rotatable bonds is 1. The molecule has 0 aliphatic heterocycles. The summed E-state index contributed by atoms with van der Waals surface area (Å²) in [6.45, 7) is 0.